The Morgan fingerprint density at radius 3 is 3.03 bits per heavy atom. The van der Waals surface area contributed by atoms with E-state index in [0.29, 0.717) is 53.3 Å². The Balaban J connectivity index is 1.59. The van der Waals surface area contributed by atoms with Crippen molar-refractivity contribution in [2.75, 3.05) is 41.0 Å². The molecule has 5 rings (SSSR count). The van der Waals surface area contributed by atoms with Gasteiger partial charge in [-0.05, 0) is 25.0 Å². The molecule has 0 radical (unpaired) electrons. The van der Waals surface area contributed by atoms with Crippen LogP contribution < -0.4 is 21.3 Å². The van der Waals surface area contributed by atoms with Crippen LogP contribution in [0.25, 0.3) is 10.5 Å². The zero-order chi connectivity index (χ0) is 22.1. The van der Waals surface area contributed by atoms with E-state index in [1.165, 1.54) is 10.7 Å². The Morgan fingerprint density at radius 1 is 1.38 bits per heavy atom. The lowest BCUT2D eigenvalue weighted by molar-refractivity contribution is -0.120. The lowest BCUT2D eigenvalue weighted by atomic mass is 10.1. The average molecular weight is 430 g/mol. The van der Waals surface area contributed by atoms with Gasteiger partial charge in [0, 0.05) is 12.6 Å². The van der Waals surface area contributed by atoms with E-state index in [9.17, 15) is 10.1 Å². The molecule has 1 saturated carbocycles. The van der Waals surface area contributed by atoms with Crippen molar-refractivity contribution in [1.82, 2.24) is 19.6 Å². The molecule has 2 aliphatic rings. The maximum atomic E-state index is 12.1. The van der Waals surface area contributed by atoms with E-state index < -0.39 is 0 Å². The third-order valence-electron chi connectivity index (χ3n) is 4.95. The number of benzene rings is 1. The molecule has 0 spiro atoms. The van der Waals surface area contributed by atoms with Crippen molar-refractivity contribution in [2.45, 2.75) is 18.9 Å². The Bertz CT molecular complexity index is 1300. The number of imidazole rings is 1. The fraction of sp³-hybridized carbons (Fsp3) is 0.300. The number of ether oxygens (including phenoxy) is 1. The molecule has 4 N–H and O–H groups in total. The maximum Gasteiger partial charge on any atom is 0.275 e. The molecule has 12 nitrogen and oxygen atoms in total. The number of hydrogen-bond donors (Lipinski definition) is 4. The van der Waals surface area contributed by atoms with Crippen molar-refractivity contribution in [3.05, 3.63) is 35.3 Å². The second-order valence-electron chi connectivity index (χ2n) is 7.38. The number of amides is 1. The Labute approximate surface area is 182 Å². The summed E-state index contributed by atoms with van der Waals surface area (Å²) in [5.41, 5.74) is 2.34. The molecular formula is C20H18N10O2. The maximum absolute atomic E-state index is 12.1. The molecule has 1 aliphatic heterocycles. The second-order valence-corrected chi connectivity index (χ2v) is 7.38. The standard InChI is InChI=1S/C20H18N10O2/c1-22-15-9-24-19-18(25-12-2-3-12)28-20(29-30(15)19)27-14-7-11(8-21)6-13-17(14)23-4-5-32-10-16(31)26-13/h6-7,9,12,23H,2-5,10H2,(H,26,31)(H2,25,27,28,29). The summed E-state index contributed by atoms with van der Waals surface area (Å²) in [5.74, 6) is 0.671. The van der Waals surface area contributed by atoms with Crippen molar-refractivity contribution in [3.8, 4) is 6.07 Å². The second kappa shape index (κ2) is 8.02. The molecule has 1 aromatic carbocycles. The summed E-state index contributed by atoms with van der Waals surface area (Å²) >= 11 is 0. The van der Waals surface area contributed by atoms with Crippen LogP contribution in [0.5, 0.6) is 0 Å². The average Bonchev–Trinajstić information content (AvgIpc) is 3.48. The van der Waals surface area contributed by atoms with Crippen LogP contribution in [-0.4, -0.2) is 51.3 Å². The molecule has 1 aliphatic carbocycles. The van der Waals surface area contributed by atoms with Crippen LogP contribution in [0.1, 0.15) is 18.4 Å². The third kappa shape index (κ3) is 3.82. The first-order valence-electron chi connectivity index (χ1n) is 10.0. The molecule has 0 bridgehead atoms. The Hall–Kier alpha value is -4.42. The van der Waals surface area contributed by atoms with Crippen LogP contribution in [-0.2, 0) is 9.53 Å². The minimum absolute atomic E-state index is 0.0727. The Morgan fingerprint density at radius 2 is 2.25 bits per heavy atom. The molecule has 1 fully saturated rings. The zero-order valence-corrected chi connectivity index (χ0v) is 16.8. The molecular weight excluding hydrogens is 412 g/mol. The number of nitrogens with one attached hydrogen (secondary N) is 4. The van der Waals surface area contributed by atoms with Crippen LogP contribution in [0.2, 0.25) is 0 Å². The van der Waals surface area contributed by atoms with Gasteiger partial charge in [0.2, 0.25) is 5.91 Å². The van der Waals surface area contributed by atoms with Crippen molar-refractivity contribution >= 4 is 46.2 Å². The largest absolute Gasteiger partial charge is 0.379 e. The van der Waals surface area contributed by atoms with E-state index in [1.807, 2.05) is 0 Å². The predicted octanol–water partition coefficient (Wildman–Crippen LogP) is 2.25. The highest BCUT2D eigenvalue weighted by molar-refractivity contribution is 5.98. The smallest absolute Gasteiger partial charge is 0.275 e. The van der Waals surface area contributed by atoms with Gasteiger partial charge in [0.25, 0.3) is 17.4 Å². The first-order chi connectivity index (χ1) is 15.6. The molecule has 0 atom stereocenters. The zero-order valence-electron chi connectivity index (χ0n) is 16.8. The summed E-state index contributed by atoms with van der Waals surface area (Å²) in [6.45, 7) is 8.11. The monoisotopic (exact) mass is 430 g/mol. The van der Waals surface area contributed by atoms with Gasteiger partial charge in [-0.1, -0.05) is 11.7 Å². The summed E-state index contributed by atoms with van der Waals surface area (Å²) in [7, 11) is 0. The van der Waals surface area contributed by atoms with Gasteiger partial charge in [0.05, 0.1) is 41.5 Å². The number of anilines is 5. The fourth-order valence-corrected chi connectivity index (χ4v) is 3.33. The van der Waals surface area contributed by atoms with Gasteiger partial charge in [-0.3, -0.25) is 4.79 Å². The summed E-state index contributed by atoms with van der Waals surface area (Å²) in [4.78, 5) is 24.4. The molecule has 0 saturated heterocycles. The molecule has 32 heavy (non-hydrogen) atoms. The number of nitriles is 1. The lowest BCUT2D eigenvalue weighted by Gasteiger charge is -2.17. The molecule has 2 aromatic heterocycles. The van der Waals surface area contributed by atoms with E-state index >= 15 is 0 Å². The molecule has 3 heterocycles. The number of rotatable bonds is 4. The minimum atomic E-state index is -0.315. The normalized spacial score (nSPS) is 15.8. The van der Waals surface area contributed by atoms with Gasteiger partial charge in [-0.15, -0.1) is 4.52 Å². The van der Waals surface area contributed by atoms with Crippen molar-refractivity contribution in [3.63, 3.8) is 0 Å². The van der Waals surface area contributed by atoms with Crippen LogP contribution >= 0.6 is 0 Å². The van der Waals surface area contributed by atoms with Crippen LogP contribution in [0, 0.1) is 17.9 Å². The first-order valence-corrected chi connectivity index (χ1v) is 10.0. The molecule has 3 aromatic rings. The number of fused-ring (bicyclic) bond motifs is 2. The first kappa shape index (κ1) is 19.5. The van der Waals surface area contributed by atoms with E-state index in [1.54, 1.807) is 12.1 Å². The molecule has 160 valence electrons. The summed E-state index contributed by atoms with van der Waals surface area (Å²) in [6.07, 6.45) is 3.53. The number of carbonyl (C=O) groups excluding carboxylic acids is 1. The van der Waals surface area contributed by atoms with Gasteiger partial charge < -0.3 is 30.8 Å². The highest BCUT2D eigenvalue weighted by atomic mass is 16.5. The van der Waals surface area contributed by atoms with Gasteiger partial charge in [-0.25, -0.2) is 4.98 Å². The SMILES string of the molecule is [C-]#[N+]c1cnc2c(NC3CC3)nc(Nc3cc(C#N)cc4c3NCCOCC(=O)N4)nn12. The number of nitrogens with zero attached hydrogens (tertiary/aromatic N) is 6. The van der Waals surface area contributed by atoms with Gasteiger partial charge in [0.15, 0.2) is 5.82 Å². The van der Waals surface area contributed by atoms with Gasteiger partial charge in [-0.2, -0.15) is 10.2 Å². The quantitative estimate of drug-likeness (QED) is 0.458. The number of aromatic nitrogens is 4. The van der Waals surface area contributed by atoms with Crippen molar-refractivity contribution in [2.24, 2.45) is 0 Å². The fourth-order valence-electron chi connectivity index (χ4n) is 3.33. The van der Waals surface area contributed by atoms with Crippen LogP contribution in [0.3, 0.4) is 0 Å². The molecule has 1 amide bonds. The highest BCUT2D eigenvalue weighted by Crippen LogP contribution is 2.35. The topological polar surface area (TPSA) is 146 Å². The number of carbonyl (C=O) groups is 1. The minimum Gasteiger partial charge on any atom is -0.379 e. The van der Waals surface area contributed by atoms with E-state index in [-0.39, 0.29) is 24.3 Å². The van der Waals surface area contributed by atoms with Gasteiger partial charge in [0.1, 0.15) is 6.61 Å². The van der Waals surface area contributed by atoms with E-state index in [4.69, 9.17) is 11.3 Å². The van der Waals surface area contributed by atoms with Crippen LogP contribution in [0.15, 0.2) is 18.3 Å². The summed E-state index contributed by atoms with van der Waals surface area (Å²) < 4.78 is 6.73. The third-order valence-corrected chi connectivity index (χ3v) is 4.95. The molecule has 0 unspecified atom stereocenters. The van der Waals surface area contributed by atoms with Crippen molar-refractivity contribution < 1.29 is 9.53 Å². The van der Waals surface area contributed by atoms with Gasteiger partial charge >= 0.3 is 0 Å². The summed E-state index contributed by atoms with van der Waals surface area (Å²) in [5, 5.41) is 26.4. The Kier molecular flexibility index (Phi) is 4.89. The van der Waals surface area contributed by atoms with Crippen molar-refractivity contribution in [1.29, 1.82) is 5.26 Å². The van der Waals surface area contributed by atoms with E-state index in [2.05, 4.69) is 47.2 Å². The lowest BCUT2D eigenvalue weighted by Crippen LogP contribution is -2.18. The number of hydrogen-bond acceptors (Lipinski definition) is 9. The molecule has 12 heteroatoms. The predicted molar refractivity (Wildman–Crippen MR) is 116 cm³/mol. The van der Waals surface area contributed by atoms with E-state index in [0.717, 1.165) is 12.8 Å². The highest BCUT2D eigenvalue weighted by Gasteiger charge is 2.26. The van der Waals surface area contributed by atoms with Crippen LogP contribution in [0.4, 0.5) is 34.6 Å². The summed E-state index contributed by atoms with van der Waals surface area (Å²) in [6, 6.07) is 5.65.